The van der Waals surface area contributed by atoms with E-state index >= 15 is 0 Å². The second kappa shape index (κ2) is 31.6. The Morgan fingerprint density at radius 1 is 0.714 bits per heavy atom. The molecule has 1 aromatic rings. The molecule has 24 nitrogen and oxygen atoms in total. The minimum Gasteiger partial charge on any atom is -0.508 e. The summed E-state index contributed by atoms with van der Waals surface area (Å²) in [5, 5.41) is 102. The SMILES string of the molecule is CCC(C)CC(C)CCCCCCCCC(=O)CC1CC(O)C(NCCN)NC(=O)C2C(O)CCN2C(=O)C(C(O)CCN)NC(=O)C(C(O)C(O)c2ccc(O)cc2)NC(=O)C2CC(O)CN2C(=O)C(C(C)O)NC1=O. The Balaban J connectivity index is 1.73. The van der Waals surface area contributed by atoms with Gasteiger partial charge in [0.1, 0.15) is 60.1 Å². The summed E-state index contributed by atoms with van der Waals surface area (Å²) in [5.41, 5.74) is 11.5. The number of aromatic hydroxyl groups is 1. The lowest BCUT2D eigenvalue weighted by Crippen LogP contribution is -2.65. The molecular weight excluding hydrogens is 1000 g/mol. The molecule has 1 aromatic carbocycles. The molecule has 16 atom stereocenters. The molecule has 436 valence electrons. The average molecular weight is 1090 g/mol. The van der Waals surface area contributed by atoms with Crippen LogP contribution in [0.2, 0.25) is 0 Å². The van der Waals surface area contributed by atoms with Gasteiger partial charge in [-0.2, -0.15) is 0 Å². The first-order chi connectivity index (χ1) is 36.5. The number of hydrogen-bond donors (Lipinski definition) is 15. The number of hydrogen-bond acceptors (Lipinski definition) is 18. The van der Waals surface area contributed by atoms with Crippen LogP contribution in [0.15, 0.2) is 24.3 Å². The highest BCUT2D eigenvalue weighted by Gasteiger charge is 2.49. The van der Waals surface area contributed by atoms with Gasteiger partial charge in [0.15, 0.2) is 0 Å². The number of fused-ring (bicyclic) bond motifs is 2. The van der Waals surface area contributed by atoms with Crippen LogP contribution in [0.4, 0.5) is 0 Å². The third kappa shape index (κ3) is 18.9. The first-order valence-electron chi connectivity index (χ1n) is 27.6. The van der Waals surface area contributed by atoms with Crippen molar-refractivity contribution in [3.05, 3.63) is 29.8 Å². The second-order valence-electron chi connectivity index (χ2n) is 21.6. The Kier molecular flexibility index (Phi) is 26.6. The Morgan fingerprint density at radius 3 is 1.97 bits per heavy atom. The number of aliphatic hydroxyl groups excluding tert-OH is 7. The minimum absolute atomic E-state index is 0.0146. The summed E-state index contributed by atoms with van der Waals surface area (Å²) in [6.07, 6.45) is -6.76. The number of nitrogens with two attached hydrogens (primary N) is 2. The van der Waals surface area contributed by atoms with Crippen LogP contribution >= 0.6 is 0 Å². The van der Waals surface area contributed by atoms with Crippen LogP contribution in [-0.2, 0) is 33.6 Å². The van der Waals surface area contributed by atoms with Crippen LogP contribution in [0.25, 0.3) is 0 Å². The van der Waals surface area contributed by atoms with Crippen molar-refractivity contribution in [3.63, 3.8) is 0 Å². The van der Waals surface area contributed by atoms with Gasteiger partial charge >= 0.3 is 0 Å². The van der Waals surface area contributed by atoms with Crippen LogP contribution < -0.4 is 38.1 Å². The standard InChI is InChI=1S/C53H89N9O15/c1-5-29(2)24-30(3)12-10-8-6-7-9-11-13-35(65)25-33-26-40(69)47(56-22-21-55)60-51(75)44-39(68)19-23-61(44)53(77)42(38(67)18-20-54)58-50(74)43(46(71)45(70)32-14-16-34(64)17-15-32)59-49(73)37-27-36(66)28-62(37)52(76)41(31(4)63)57-48(33)72/h14-17,29-31,33,36-47,56,63-64,66-71H,5-13,18-28,54-55H2,1-4H3,(H,57,72)(H,58,74)(H,59,73)(H,60,75). The highest BCUT2D eigenvalue weighted by molar-refractivity contribution is 5.98. The van der Waals surface area contributed by atoms with Crippen molar-refractivity contribution >= 4 is 41.2 Å². The molecule has 77 heavy (non-hydrogen) atoms. The topological polar surface area (TPSA) is 400 Å². The van der Waals surface area contributed by atoms with Crippen LogP contribution in [0, 0.1) is 17.8 Å². The van der Waals surface area contributed by atoms with E-state index in [9.17, 15) is 74.4 Å². The monoisotopic (exact) mass is 1090 g/mol. The van der Waals surface area contributed by atoms with E-state index in [1.165, 1.54) is 37.6 Å². The smallest absolute Gasteiger partial charge is 0.248 e. The zero-order valence-electron chi connectivity index (χ0n) is 45.2. The summed E-state index contributed by atoms with van der Waals surface area (Å²) in [7, 11) is 0. The number of Topliss-reactive ketones (excluding diaryl/α,β-unsaturated/α-hetero) is 1. The molecule has 0 radical (unpaired) electrons. The van der Waals surface area contributed by atoms with E-state index in [1.54, 1.807) is 0 Å². The molecule has 24 heteroatoms. The van der Waals surface area contributed by atoms with Crippen molar-refractivity contribution in [2.24, 2.45) is 29.2 Å². The Labute approximate surface area is 451 Å². The lowest BCUT2D eigenvalue weighted by Gasteiger charge is -2.35. The fourth-order valence-electron chi connectivity index (χ4n) is 10.5. The molecule has 4 rings (SSSR count). The van der Waals surface area contributed by atoms with Gasteiger partial charge in [0.05, 0.1) is 30.5 Å². The zero-order chi connectivity index (χ0) is 57.1. The molecule has 3 fully saturated rings. The number of phenols is 1. The van der Waals surface area contributed by atoms with Gasteiger partial charge in [-0.15, -0.1) is 0 Å². The number of carbonyl (C=O) groups is 7. The molecule has 3 saturated heterocycles. The summed E-state index contributed by atoms with van der Waals surface area (Å²) in [5.74, 6) is -7.38. The van der Waals surface area contributed by atoms with Crippen molar-refractivity contribution in [2.45, 2.75) is 203 Å². The maximum absolute atomic E-state index is 14.6. The fourth-order valence-corrected chi connectivity index (χ4v) is 10.5. The summed E-state index contributed by atoms with van der Waals surface area (Å²) < 4.78 is 0. The van der Waals surface area contributed by atoms with Crippen LogP contribution in [-0.4, -0.2) is 198 Å². The van der Waals surface area contributed by atoms with E-state index in [0.717, 1.165) is 54.7 Å². The molecule has 0 spiro atoms. The van der Waals surface area contributed by atoms with Crippen LogP contribution in [0.5, 0.6) is 5.75 Å². The predicted octanol–water partition coefficient (Wildman–Crippen LogP) is -2.22. The number of phenolic OH excluding ortho intramolecular Hbond substituents is 1. The maximum Gasteiger partial charge on any atom is 0.248 e. The summed E-state index contributed by atoms with van der Waals surface area (Å²) in [6.45, 7) is 6.84. The molecule has 6 amide bonds. The van der Waals surface area contributed by atoms with Gasteiger partial charge in [0.25, 0.3) is 0 Å². The van der Waals surface area contributed by atoms with Gasteiger partial charge < -0.3 is 83.4 Å². The number of carbonyl (C=O) groups excluding carboxylic acids is 7. The number of unbranched alkanes of at least 4 members (excludes halogenated alkanes) is 5. The number of rotatable bonds is 24. The lowest BCUT2D eigenvalue weighted by molar-refractivity contribution is -0.148. The van der Waals surface area contributed by atoms with Crippen LogP contribution in [0.3, 0.4) is 0 Å². The maximum atomic E-state index is 14.6. The number of amides is 6. The molecule has 0 aromatic heterocycles. The molecule has 3 heterocycles. The van der Waals surface area contributed by atoms with Gasteiger partial charge in [-0.3, -0.25) is 38.9 Å². The van der Waals surface area contributed by atoms with E-state index in [-0.39, 0.29) is 62.5 Å². The van der Waals surface area contributed by atoms with E-state index in [0.29, 0.717) is 18.3 Å². The van der Waals surface area contributed by atoms with Crippen molar-refractivity contribution < 1.29 is 74.4 Å². The molecule has 0 saturated carbocycles. The highest BCUT2D eigenvalue weighted by Crippen LogP contribution is 2.27. The summed E-state index contributed by atoms with van der Waals surface area (Å²) in [6, 6.07) is -4.64. The number of benzene rings is 1. The zero-order valence-corrected chi connectivity index (χ0v) is 45.2. The van der Waals surface area contributed by atoms with Gasteiger partial charge in [-0.05, 0) is 75.1 Å². The van der Waals surface area contributed by atoms with E-state index < -0.39 is 146 Å². The fraction of sp³-hybridized carbons (Fsp3) is 0.755. The molecule has 17 N–H and O–H groups in total. The number of nitrogens with zero attached hydrogens (tertiary/aromatic N) is 2. The largest absolute Gasteiger partial charge is 0.508 e. The van der Waals surface area contributed by atoms with Gasteiger partial charge in [0, 0.05) is 51.4 Å². The molecular formula is C53H89N9O15. The Morgan fingerprint density at radius 2 is 1.34 bits per heavy atom. The molecule has 3 aliphatic heterocycles. The van der Waals surface area contributed by atoms with E-state index in [2.05, 4.69) is 47.4 Å². The number of aliphatic hydroxyl groups is 7. The molecule has 16 unspecified atom stereocenters. The summed E-state index contributed by atoms with van der Waals surface area (Å²) in [4.78, 5) is 102. The third-order valence-electron chi connectivity index (χ3n) is 15.2. The minimum atomic E-state index is -2.27. The van der Waals surface area contributed by atoms with Crippen molar-refractivity contribution in [1.82, 2.24) is 36.4 Å². The second-order valence-corrected chi connectivity index (χ2v) is 21.6. The quantitative estimate of drug-likeness (QED) is 0.0488. The van der Waals surface area contributed by atoms with Gasteiger partial charge in [-0.25, -0.2) is 0 Å². The first kappa shape index (κ1) is 64.6. The van der Waals surface area contributed by atoms with Crippen molar-refractivity contribution in [2.75, 3.05) is 32.7 Å². The summed E-state index contributed by atoms with van der Waals surface area (Å²) >= 11 is 0. The van der Waals surface area contributed by atoms with Gasteiger partial charge in [0.2, 0.25) is 35.4 Å². The van der Waals surface area contributed by atoms with Crippen molar-refractivity contribution in [3.8, 4) is 5.75 Å². The van der Waals surface area contributed by atoms with Crippen molar-refractivity contribution in [1.29, 1.82) is 0 Å². The Hall–Kier alpha value is -4.89. The predicted molar refractivity (Wildman–Crippen MR) is 281 cm³/mol. The van der Waals surface area contributed by atoms with E-state index in [4.69, 9.17) is 11.5 Å². The first-order valence-corrected chi connectivity index (χ1v) is 27.6. The average Bonchev–Trinajstić information content (AvgIpc) is 3.99. The normalized spacial score (nSPS) is 28.7. The Bertz CT molecular complexity index is 2070. The molecule has 0 bridgehead atoms. The number of nitrogens with one attached hydrogen (secondary N) is 5. The van der Waals surface area contributed by atoms with E-state index in [1.807, 2.05) is 0 Å². The lowest BCUT2D eigenvalue weighted by atomic mass is 9.90. The number of ketones is 1. The molecule has 0 aliphatic carbocycles. The highest BCUT2D eigenvalue weighted by atomic mass is 16.3. The molecule has 3 aliphatic rings. The van der Waals surface area contributed by atoms with Crippen LogP contribution in [0.1, 0.15) is 136 Å². The van der Waals surface area contributed by atoms with Gasteiger partial charge in [-0.1, -0.05) is 77.8 Å². The third-order valence-corrected chi connectivity index (χ3v) is 15.2.